The van der Waals surface area contributed by atoms with E-state index in [1.807, 2.05) is 14.0 Å². The maximum absolute atomic E-state index is 5.37. The summed E-state index contributed by atoms with van der Waals surface area (Å²) in [6, 6.07) is 11.8. The number of piperidine rings is 1. The predicted octanol–water partition coefficient (Wildman–Crippen LogP) is 2.63. The molecule has 1 aliphatic heterocycles. The molecule has 5 nitrogen and oxygen atoms in total. The Morgan fingerprint density at radius 1 is 1.32 bits per heavy atom. The van der Waals surface area contributed by atoms with Gasteiger partial charge in [0.2, 0.25) is 0 Å². The second-order valence-electron chi connectivity index (χ2n) is 6.72. The number of benzene rings is 1. The number of guanidine groups is 1. The lowest BCUT2D eigenvalue weighted by molar-refractivity contribution is 0.134. The van der Waals surface area contributed by atoms with E-state index in [9.17, 15) is 0 Å². The Hall–Kier alpha value is -1.59. The Morgan fingerprint density at radius 2 is 2.12 bits per heavy atom. The van der Waals surface area contributed by atoms with Gasteiger partial charge in [-0.25, -0.2) is 0 Å². The highest BCUT2D eigenvalue weighted by Gasteiger charge is 2.25. The predicted molar refractivity (Wildman–Crippen MR) is 105 cm³/mol. The maximum atomic E-state index is 5.37. The zero-order chi connectivity index (χ0) is 17.9. The molecular formula is C20H34N4O. The normalized spacial score (nSPS) is 22.0. The summed E-state index contributed by atoms with van der Waals surface area (Å²) in [4.78, 5) is 6.93. The fourth-order valence-corrected chi connectivity index (χ4v) is 3.32. The summed E-state index contributed by atoms with van der Waals surface area (Å²) in [5.74, 6) is 0.908. The van der Waals surface area contributed by atoms with Crippen molar-refractivity contribution >= 4 is 5.96 Å². The molecule has 25 heavy (non-hydrogen) atoms. The molecule has 5 heteroatoms. The van der Waals surface area contributed by atoms with E-state index in [-0.39, 0.29) is 0 Å². The smallest absolute Gasteiger partial charge is 0.191 e. The van der Waals surface area contributed by atoms with Crippen molar-refractivity contribution in [3.05, 3.63) is 35.9 Å². The van der Waals surface area contributed by atoms with Crippen LogP contribution >= 0.6 is 0 Å². The van der Waals surface area contributed by atoms with E-state index in [1.165, 1.54) is 5.56 Å². The standard InChI is InChI=1S/C20H34N4O/c1-4-25-14-8-12-22-20(21-3)23-19-11-13-24(17(2)15-19)16-18-9-6-5-7-10-18/h5-7,9-10,17,19H,4,8,11-16H2,1-3H3,(H2,21,22,23). The summed E-state index contributed by atoms with van der Waals surface area (Å²) < 4.78 is 5.37. The second-order valence-corrected chi connectivity index (χ2v) is 6.72. The van der Waals surface area contributed by atoms with Crippen molar-refractivity contribution in [3.8, 4) is 0 Å². The first-order valence-electron chi connectivity index (χ1n) is 9.55. The van der Waals surface area contributed by atoms with Gasteiger partial charge in [-0.15, -0.1) is 0 Å². The lowest BCUT2D eigenvalue weighted by Gasteiger charge is -2.38. The van der Waals surface area contributed by atoms with Crippen LogP contribution in [0.3, 0.4) is 0 Å². The molecule has 0 aliphatic carbocycles. The van der Waals surface area contributed by atoms with Gasteiger partial charge in [-0.1, -0.05) is 30.3 Å². The summed E-state index contributed by atoms with van der Waals surface area (Å²) in [5, 5.41) is 6.97. The molecule has 2 N–H and O–H groups in total. The Bertz CT molecular complexity index is 506. The number of aliphatic imine (C=N–C) groups is 1. The Morgan fingerprint density at radius 3 is 2.80 bits per heavy atom. The minimum absolute atomic E-state index is 0.486. The van der Waals surface area contributed by atoms with Crippen molar-refractivity contribution in [2.75, 3.05) is 33.4 Å². The Balaban J connectivity index is 1.72. The molecule has 1 fully saturated rings. The lowest BCUT2D eigenvalue weighted by Crippen LogP contribution is -2.51. The molecule has 0 saturated carbocycles. The monoisotopic (exact) mass is 346 g/mol. The number of hydrogen-bond donors (Lipinski definition) is 2. The van der Waals surface area contributed by atoms with Crippen molar-refractivity contribution in [1.82, 2.24) is 15.5 Å². The first kappa shape index (κ1) is 19.7. The fraction of sp³-hybridized carbons (Fsp3) is 0.650. The van der Waals surface area contributed by atoms with Crippen LogP contribution < -0.4 is 10.6 Å². The molecule has 1 aliphatic rings. The molecule has 0 spiro atoms. The van der Waals surface area contributed by atoms with Gasteiger partial charge in [-0.05, 0) is 38.7 Å². The van der Waals surface area contributed by atoms with Gasteiger partial charge in [0.25, 0.3) is 0 Å². The van der Waals surface area contributed by atoms with Gasteiger partial charge in [-0.2, -0.15) is 0 Å². The number of likely N-dealkylation sites (tertiary alicyclic amines) is 1. The SMILES string of the molecule is CCOCCCNC(=NC)NC1CCN(Cc2ccccc2)C(C)C1. The van der Waals surface area contributed by atoms with Crippen LogP contribution in [0, 0.1) is 0 Å². The van der Waals surface area contributed by atoms with Crippen molar-refractivity contribution in [2.24, 2.45) is 4.99 Å². The minimum atomic E-state index is 0.486. The van der Waals surface area contributed by atoms with Crippen LogP contribution in [-0.2, 0) is 11.3 Å². The fourth-order valence-electron chi connectivity index (χ4n) is 3.32. The van der Waals surface area contributed by atoms with Crippen LogP contribution in [0.2, 0.25) is 0 Å². The highest BCUT2D eigenvalue weighted by Crippen LogP contribution is 2.19. The molecule has 1 aromatic carbocycles. The summed E-state index contributed by atoms with van der Waals surface area (Å²) in [5.41, 5.74) is 1.40. The summed E-state index contributed by atoms with van der Waals surface area (Å²) in [6.45, 7) is 8.99. The van der Waals surface area contributed by atoms with Crippen LogP contribution in [0.4, 0.5) is 0 Å². The van der Waals surface area contributed by atoms with E-state index in [2.05, 4.69) is 57.8 Å². The first-order chi connectivity index (χ1) is 12.2. The molecule has 2 rings (SSSR count). The maximum Gasteiger partial charge on any atom is 0.191 e. The first-order valence-corrected chi connectivity index (χ1v) is 9.55. The molecule has 0 amide bonds. The summed E-state index contributed by atoms with van der Waals surface area (Å²) in [6.07, 6.45) is 3.30. The van der Waals surface area contributed by atoms with E-state index in [4.69, 9.17) is 4.74 Å². The molecule has 0 aromatic heterocycles. The molecule has 1 heterocycles. The van der Waals surface area contributed by atoms with E-state index >= 15 is 0 Å². The van der Waals surface area contributed by atoms with E-state index in [0.29, 0.717) is 12.1 Å². The molecule has 0 bridgehead atoms. The van der Waals surface area contributed by atoms with Crippen molar-refractivity contribution in [2.45, 2.75) is 51.7 Å². The van der Waals surface area contributed by atoms with Crippen molar-refractivity contribution in [1.29, 1.82) is 0 Å². The largest absolute Gasteiger partial charge is 0.382 e. The number of nitrogens with one attached hydrogen (secondary N) is 2. The van der Waals surface area contributed by atoms with Crippen molar-refractivity contribution < 1.29 is 4.74 Å². The van der Waals surface area contributed by atoms with Crippen LogP contribution in [0.1, 0.15) is 38.7 Å². The topological polar surface area (TPSA) is 48.9 Å². The molecule has 2 unspecified atom stereocenters. The number of hydrogen-bond acceptors (Lipinski definition) is 3. The molecule has 2 atom stereocenters. The zero-order valence-electron chi connectivity index (χ0n) is 16.0. The lowest BCUT2D eigenvalue weighted by atomic mass is 9.97. The third-order valence-electron chi connectivity index (χ3n) is 4.77. The van der Waals surface area contributed by atoms with Gasteiger partial charge in [0.15, 0.2) is 5.96 Å². The van der Waals surface area contributed by atoms with Gasteiger partial charge in [-0.3, -0.25) is 9.89 Å². The number of rotatable bonds is 8. The third kappa shape index (κ3) is 7.04. The highest BCUT2D eigenvalue weighted by molar-refractivity contribution is 5.79. The number of nitrogens with zero attached hydrogens (tertiary/aromatic N) is 2. The third-order valence-corrected chi connectivity index (χ3v) is 4.77. The zero-order valence-corrected chi connectivity index (χ0v) is 16.0. The quantitative estimate of drug-likeness (QED) is 0.432. The molecule has 1 aromatic rings. The molecule has 140 valence electrons. The van der Waals surface area contributed by atoms with Crippen LogP contribution in [-0.4, -0.2) is 56.3 Å². The van der Waals surface area contributed by atoms with Crippen LogP contribution in [0.15, 0.2) is 35.3 Å². The Labute approximate surface area is 152 Å². The summed E-state index contributed by atoms with van der Waals surface area (Å²) >= 11 is 0. The van der Waals surface area contributed by atoms with Gasteiger partial charge < -0.3 is 15.4 Å². The molecule has 0 radical (unpaired) electrons. The second kappa shape index (κ2) is 11.1. The summed E-state index contributed by atoms with van der Waals surface area (Å²) in [7, 11) is 1.84. The average molecular weight is 347 g/mol. The van der Waals surface area contributed by atoms with Crippen LogP contribution in [0.5, 0.6) is 0 Å². The van der Waals surface area contributed by atoms with Gasteiger partial charge in [0, 0.05) is 52.0 Å². The Kier molecular flexibility index (Phi) is 8.77. The van der Waals surface area contributed by atoms with Crippen LogP contribution in [0.25, 0.3) is 0 Å². The molecule has 1 saturated heterocycles. The average Bonchev–Trinajstić information content (AvgIpc) is 2.63. The number of ether oxygens (including phenoxy) is 1. The van der Waals surface area contributed by atoms with Crippen molar-refractivity contribution in [3.63, 3.8) is 0 Å². The van der Waals surface area contributed by atoms with Gasteiger partial charge in [0.05, 0.1) is 0 Å². The van der Waals surface area contributed by atoms with E-state index < -0.39 is 0 Å². The van der Waals surface area contributed by atoms with Gasteiger partial charge >= 0.3 is 0 Å². The van der Waals surface area contributed by atoms with E-state index in [0.717, 1.165) is 58.1 Å². The van der Waals surface area contributed by atoms with E-state index in [1.54, 1.807) is 0 Å². The highest BCUT2D eigenvalue weighted by atomic mass is 16.5. The minimum Gasteiger partial charge on any atom is -0.382 e. The van der Waals surface area contributed by atoms with Gasteiger partial charge in [0.1, 0.15) is 0 Å². The molecular weight excluding hydrogens is 312 g/mol.